The summed E-state index contributed by atoms with van der Waals surface area (Å²) in [5.74, 6) is 0.632. The van der Waals surface area contributed by atoms with Gasteiger partial charge in [-0.15, -0.1) is 5.10 Å². The predicted molar refractivity (Wildman–Crippen MR) is 70.6 cm³/mol. The molecule has 0 amide bonds. The Morgan fingerprint density at radius 3 is 3.00 bits per heavy atom. The second kappa shape index (κ2) is 4.76. The second-order valence-electron chi connectivity index (χ2n) is 4.27. The number of hydrogen-bond acceptors (Lipinski definition) is 5. The highest BCUT2D eigenvalue weighted by atomic mass is 19.1. The van der Waals surface area contributed by atoms with Crippen molar-refractivity contribution < 1.29 is 9.13 Å². The number of benzene rings is 1. The lowest BCUT2D eigenvalue weighted by Crippen LogP contribution is -2.10. The van der Waals surface area contributed by atoms with Crippen LogP contribution in [0.3, 0.4) is 0 Å². The SMILES string of the molecule is C[C@@H](Oc1cccc(F)c1)c1ccnc2nc(N)nn12. The van der Waals surface area contributed by atoms with Gasteiger partial charge in [0, 0.05) is 12.3 Å². The highest BCUT2D eigenvalue weighted by molar-refractivity contribution is 5.35. The summed E-state index contributed by atoms with van der Waals surface area (Å²) in [5.41, 5.74) is 6.28. The molecule has 0 fully saturated rings. The molecule has 1 atom stereocenters. The summed E-state index contributed by atoms with van der Waals surface area (Å²) >= 11 is 0. The summed E-state index contributed by atoms with van der Waals surface area (Å²) in [7, 11) is 0. The molecule has 20 heavy (non-hydrogen) atoms. The van der Waals surface area contributed by atoms with Gasteiger partial charge in [-0.05, 0) is 25.1 Å². The molecule has 7 heteroatoms. The van der Waals surface area contributed by atoms with Crippen molar-refractivity contribution in [2.75, 3.05) is 5.73 Å². The number of ether oxygens (including phenoxy) is 1. The Labute approximate surface area is 114 Å². The third kappa shape index (κ3) is 2.25. The van der Waals surface area contributed by atoms with E-state index in [0.717, 1.165) is 5.69 Å². The van der Waals surface area contributed by atoms with E-state index in [1.165, 1.54) is 16.6 Å². The van der Waals surface area contributed by atoms with Crippen LogP contribution in [0.2, 0.25) is 0 Å². The summed E-state index contributed by atoms with van der Waals surface area (Å²) in [6.45, 7) is 1.83. The number of anilines is 1. The Bertz CT molecular complexity index is 757. The molecule has 1 aromatic carbocycles. The molecule has 0 bridgehead atoms. The van der Waals surface area contributed by atoms with Crippen LogP contribution in [0, 0.1) is 5.82 Å². The zero-order valence-corrected chi connectivity index (χ0v) is 10.7. The lowest BCUT2D eigenvalue weighted by atomic mass is 10.2. The Balaban J connectivity index is 1.94. The minimum Gasteiger partial charge on any atom is -0.484 e. The minimum atomic E-state index is -0.358. The Morgan fingerprint density at radius 2 is 2.20 bits per heavy atom. The van der Waals surface area contributed by atoms with Crippen molar-refractivity contribution in [1.82, 2.24) is 19.6 Å². The fraction of sp³-hybridized carbons (Fsp3) is 0.154. The molecule has 0 aliphatic carbocycles. The highest BCUT2D eigenvalue weighted by Crippen LogP contribution is 2.22. The van der Waals surface area contributed by atoms with Gasteiger partial charge in [-0.1, -0.05) is 6.07 Å². The van der Waals surface area contributed by atoms with Crippen molar-refractivity contribution in [3.63, 3.8) is 0 Å². The van der Waals surface area contributed by atoms with Crippen LogP contribution in [-0.4, -0.2) is 19.6 Å². The van der Waals surface area contributed by atoms with E-state index in [9.17, 15) is 4.39 Å². The highest BCUT2D eigenvalue weighted by Gasteiger charge is 2.14. The van der Waals surface area contributed by atoms with Gasteiger partial charge < -0.3 is 10.5 Å². The Kier molecular flexibility index (Phi) is 2.94. The van der Waals surface area contributed by atoms with Crippen LogP contribution in [0.1, 0.15) is 18.7 Å². The first kappa shape index (κ1) is 12.3. The van der Waals surface area contributed by atoms with Gasteiger partial charge in [-0.2, -0.15) is 9.50 Å². The van der Waals surface area contributed by atoms with E-state index in [2.05, 4.69) is 15.1 Å². The molecular formula is C13H12FN5O. The maximum Gasteiger partial charge on any atom is 0.254 e. The number of rotatable bonds is 3. The maximum absolute atomic E-state index is 13.1. The van der Waals surface area contributed by atoms with Crippen LogP contribution in [-0.2, 0) is 0 Å². The lowest BCUT2D eigenvalue weighted by Gasteiger charge is -2.15. The molecule has 0 radical (unpaired) electrons. The first-order valence-corrected chi connectivity index (χ1v) is 6.03. The zero-order valence-electron chi connectivity index (χ0n) is 10.7. The van der Waals surface area contributed by atoms with E-state index < -0.39 is 0 Å². The Hall–Kier alpha value is -2.70. The standard InChI is InChI=1S/C13H12FN5O/c1-8(20-10-4-2-3-9(14)7-10)11-5-6-16-13-17-12(15)18-19(11)13/h2-8H,1H3,(H2,15,18)/t8-/m1/s1. The van der Waals surface area contributed by atoms with Crippen molar-refractivity contribution in [2.24, 2.45) is 0 Å². The van der Waals surface area contributed by atoms with E-state index in [1.807, 2.05) is 6.92 Å². The van der Waals surface area contributed by atoms with E-state index >= 15 is 0 Å². The van der Waals surface area contributed by atoms with Crippen LogP contribution in [0.5, 0.6) is 5.75 Å². The van der Waals surface area contributed by atoms with Crippen LogP contribution < -0.4 is 10.5 Å². The summed E-state index contributed by atoms with van der Waals surface area (Å²) in [4.78, 5) is 8.04. The van der Waals surface area contributed by atoms with Gasteiger partial charge in [0.25, 0.3) is 5.78 Å². The van der Waals surface area contributed by atoms with Crippen LogP contribution >= 0.6 is 0 Å². The van der Waals surface area contributed by atoms with Crippen LogP contribution in [0.15, 0.2) is 36.5 Å². The average molecular weight is 273 g/mol. The first-order valence-electron chi connectivity index (χ1n) is 6.03. The van der Waals surface area contributed by atoms with Gasteiger partial charge in [0.05, 0.1) is 5.69 Å². The fourth-order valence-corrected chi connectivity index (χ4v) is 1.94. The molecule has 0 aliphatic heterocycles. The molecule has 0 saturated heterocycles. The third-order valence-electron chi connectivity index (χ3n) is 2.81. The smallest absolute Gasteiger partial charge is 0.254 e. The molecule has 2 heterocycles. The molecule has 3 rings (SSSR count). The van der Waals surface area contributed by atoms with Gasteiger partial charge in [0.2, 0.25) is 5.95 Å². The first-order chi connectivity index (χ1) is 9.63. The third-order valence-corrected chi connectivity index (χ3v) is 2.81. The molecule has 3 aromatic rings. The number of halogens is 1. The van der Waals surface area contributed by atoms with Crippen molar-refractivity contribution in [3.8, 4) is 5.75 Å². The molecule has 0 aliphatic rings. The predicted octanol–water partition coefficient (Wildman–Crippen LogP) is 1.99. The number of hydrogen-bond donors (Lipinski definition) is 1. The molecule has 0 spiro atoms. The largest absolute Gasteiger partial charge is 0.484 e. The summed E-state index contributed by atoms with van der Waals surface area (Å²) < 4.78 is 20.4. The quantitative estimate of drug-likeness (QED) is 0.789. The van der Waals surface area contributed by atoms with Crippen molar-refractivity contribution in [2.45, 2.75) is 13.0 Å². The second-order valence-corrected chi connectivity index (χ2v) is 4.27. The van der Waals surface area contributed by atoms with Gasteiger partial charge in [0.1, 0.15) is 17.7 Å². The van der Waals surface area contributed by atoms with Crippen LogP contribution in [0.25, 0.3) is 5.78 Å². The summed E-state index contributed by atoms with van der Waals surface area (Å²) in [5, 5.41) is 4.06. The lowest BCUT2D eigenvalue weighted by molar-refractivity contribution is 0.218. The summed E-state index contributed by atoms with van der Waals surface area (Å²) in [6.07, 6.45) is 1.24. The maximum atomic E-state index is 13.1. The van der Waals surface area contributed by atoms with E-state index in [0.29, 0.717) is 11.5 Å². The Morgan fingerprint density at radius 1 is 1.35 bits per heavy atom. The molecule has 102 valence electrons. The normalized spacial score (nSPS) is 12.5. The molecule has 6 nitrogen and oxygen atoms in total. The topological polar surface area (TPSA) is 78.3 Å². The van der Waals surface area contributed by atoms with Crippen LogP contribution in [0.4, 0.5) is 10.3 Å². The number of nitrogen functional groups attached to an aromatic ring is 1. The summed E-state index contributed by atoms with van der Waals surface area (Å²) in [6, 6.07) is 7.72. The zero-order chi connectivity index (χ0) is 14.1. The number of aromatic nitrogens is 4. The molecular weight excluding hydrogens is 261 g/mol. The van der Waals surface area contributed by atoms with Gasteiger partial charge in [0.15, 0.2) is 0 Å². The van der Waals surface area contributed by atoms with Gasteiger partial charge >= 0.3 is 0 Å². The molecule has 0 unspecified atom stereocenters. The average Bonchev–Trinajstić information content (AvgIpc) is 2.78. The monoisotopic (exact) mass is 273 g/mol. The minimum absolute atomic E-state index is 0.142. The fourth-order valence-electron chi connectivity index (χ4n) is 1.94. The molecule has 2 N–H and O–H groups in total. The number of nitrogens with two attached hydrogens (primary N) is 1. The number of fused-ring (bicyclic) bond motifs is 1. The molecule has 0 saturated carbocycles. The van der Waals surface area contributed by atoms with Crippen molar-refractivity contribution in [3.05, 3.63) is 48.0 Å². The van der Waals surface area contributed by atoms with E-state index in [-0.39, 0.29) is 17.9 Å². The van der Waals surface area contributed by atoms with Gasteiger partial charge in [-0.3, -0.25) is 0 Å². The molecule has 2 aromatic heterocycles. The number of nitrogens with zero attached hydrogens (tertiary/aromatic N) is 4. The van der Waals surface area contributed by atoms with E-state index in [1.54, 1.807) is 24.4 Å². The van der Waals surface area contributed by atoms with E-state index in [4.69, 9.17) is 10.5 Å². The van der Waals surface area contributed by atoms with Gasteiger partial charge in [-0.25, -0.2) is 9.37 Å². The van der Waals surface area contributed by atoms with Crippen molar-refractivity contribution >= 4 is 11.7 Å². The van der Waals surface area contributed by atoms with Crippen molar-refractivity contribution in [1.29, 1.82) is 0 Å².